The van der Waals surface area contributed by atoms with Crippen LogP contribution in [-0.2, 0) is 0 Å². The number of ether oxygens (including phenoxy) is 1. The Morgan fingerprint density at radius 1 is 1.38 bits per heavy atom. The Hall–Kier alpha value is -2.74. The van der Waals surface area contributed by atoms with Crippen molar-refractivity contribution in [2.75, 3.05) is 0 Å². The van der Waals surface area contributed by atoms with E-state index in [0.717, 1.165) is 6.07 Å². The number of nitro groups is 1. The van der Waals surface area contributed by atoms with Crippen LogP contribution in [0.25, 0.3) is 0 Å². The summed E-state index contributed by atoms with van der Waals surface area (Å²) in [4.78, 5) is 24.6. The standard InChI is InChI=1S/C12H6ClFN2O5/c13-6-1-7(5-15-4-6)21-11-2-8(12(17)18)9(14)3-10(11)16(19)20/h1-5H,(H,17,18). The number of nitrogens with zero attached hydrogens (tertiary/aromatic N) is 2. The molecular formula is C12H6ClFN2O5. The summed E-state index contributed by atoms with van der Waals surface area (Å²) in [5, 5.41) is 19.9. The van der Waals surface area contributed by atoms with Gasteiger partial charge in [-0.3, -0.25) is 15.1 Å². The minimum atomic E-state index is -1.57. The van der Waals surface area contributed by atoms with Crippen LogP contribution >= 0.6 is 11.6 Å². The zero-order valence-corrected chi connectivity index (χ0v) is 10.9. The summed E-state index contributed by atoms with van der Waals surface area (Å²) >= 11 is 5.69. The van der Waals surface area contributed by atoms with E-state index in [0.29, 0.717) is 6.07 Å². The first-order chi connectivity index (χ1) is 9.88. The summed E-state index contributed by atoms with van der Waals surface area (Å²) in [6, 6.07) is 2.54. The number of hydrogen-bond acceptors (Lipinski definition) is 5. The number of carboxylic acid groups (broad SMARTS) is 1. The number of carboxylic acids is 1. The van der Waals surface area contributed by atoms with Gasteiger partial charge in [-0.1, -0.05) is 11.6 Å². The number of carbonyl (C=O) groups is 1. The summed E-state index contributed by atoms with van der Waals surface area (Å²) in [5.41, 5.74) is -1.46. The van der Waals surface area contributed by atoms with E-state index in [1.54, 1.807) is 0 Å². The van der Waals surface area contributed by atoms with E-state index < -0.39 is 33.7 Å². The first-order valence-electron chi connectivity index (χ1n) is 5.38. The number of halogens is 2. The van der Waals surface area contributed by atoms with Gasteiger partial charge in [0, 0.05) is 18.3 Å². The average Bonchev–Trinajstić information content (AvgIpc) is 2.39. The maximum atomic E-state index is 13.5. The fourth-order valence-electron chi connectivity index (χ4n) is 1.51. The highest BCUT2D eigenvalue weighted by Gasteiger charge is 2.23. The normalized spacial score (nSPS) is 10.2. The first kappa shape index (κ1) is 14.7. The van der Waals surface area contributed by atoms with E-state index in [2.05, 4.69) is 4.98 Å². The summed E-state index contributed by atoms with van der Waals surface area (Å²) in [5.74, 6) is -3.18. The van der Waals surface area contributed by atoms with E-state index in [9.17, 15) is 19.3 Å². The number of aromatic carboxylic acids is 1. The molecule has 0 bridgehead atoms. The number of rotatable bonds is 4. The van der Waals surface area contributed by atoms with Crippen LogP contribution < -0.4 is 4.74 Å². The number of benzene rings is 1. The SMILES string of the molecule is O=C(O)c1cc(Oc2cncc(Cl)c2)c([N+](=O)[O-])cc1F. The fourth-order valence-corrected chi connectivity index (χ4v) is 1.67. The second kappa shape index (κ2) is 5.71. The van der Waals surface area contributed by atoms with Crippen LogP contribution in [0.3, 0.4) is 0 Å². The van der Waals surface area contributed by atoms with Crippen LogP contribution in [0.15, 0.2) is 30.6 Å². The highest BCUT2D eigenvalue weighted by molar-refractivity contribution is 6.30. The van der Waals surface area contributed by atoms with E-state index in [1.807, 2.05) is 0 Å². The summed E-state index contributed by atoms with van der Waals surface area (Å²) < 4.78 is 18.6. The minimum Gasteiger partial charge on any atom is -0.478 e. The van der Waals surface area contributed by atoms with Gasteiger partial charge in [0.05, 0.1) is 27.8 Å². The molecule has 1 heterocycles. The van der Waals surface area contributed by atoms with Gasteiger partial charge in [0.2, 0.25) is 5.75 Å². The Labute approximate surface area is 121 Å². The van der Waals surface area contributed by atoms with Gasteiger partial charge in [0.1, 0.15) is 11.6 Å². The van der Waals surface area contributed by atoms with Crippen molar-refractivity contribution < 1.29 is 24.0 Å². The van der Waals surface area contributed by atoms with E-state index >= 15 is 0 Å². The van der Waals surface area contributed by atoms with Crippen molar-refractivity contribution in [2.24, 2.45) is 0 Å². The monoisotopic (exact) mass is 312 g/mol. The number of hydrogen-bond donors (Lipinski definition) is 1. The van der Waals surface area contributed by atoms with Crippen molar-refractivity contribution in [3.63, 3.8) is 0 Å². The lowest BCUT2D eigenvalue weighted by atomic mass is 10.1. The van der Waals surface area contributed by atoms with E-state index in [-0.39, 0.29) is 10.8 Å². The molecule has 2 aromatic rings. The quantitative estimate of drug-likeness (QED) is 0.686. The molecule has 7 nitrogen and oxygen atoms in total. The molecule has 0 fully saturated rings. The van der Waals surface area contributed by atoms with Crippen molar-refractivity contribution >= 4 is 23.3 Å². The third-order valence-corrected chi connectivity index (χ3v) is 2.59. The topological polar surface area (TPSA) is 103 Å². The number of aromatic nitrogens is 1. The van der Waals surface area contributed by atoms with Crippen LogP contribution in [0.2, 0.25) is 5.02 Å². The van der Waals surface area contributed by atoms with Crippen molar-refractivity contribution in [3.05, 3.63) is 57.1 Å². The lowest BCUT2D eigenvalue weighted by Gasteiger charge is -2.07. The molecule has 21 heavy (non-hydrogen) atoms. The van der Waals surface area contributed by atoms with Crippen LogP contribution in [0.1, 0.15) is 10.4 Å². The Morgan fingerprint density at radius 2 is 2.10 bits per heavy atom. The summed E-state index contributed by atoms with van der Waals surface area (Å²) in [6.45, 7) is 0. The molecule has 0 amide bonds. The zero-order valence-electron chi connectivity index (χ0n) is 10.1. The molecule has 1 N–H and O–H groups in total. The Balaban J connectivity index is 2.52. The molecule has 108 valence electrons. The molecule has 1 aromatic heterocycles. The molecule has 0 saturated carbocycles. The fraction of sp³-hybridized carbons (Fsp3) is 0. The molecular weight excluding hydrogens is 307 g/mol. The smallest absolute Gasteiger partial charge is 0.338 e. The van der Waals surface area contributed by atoms with Crippen molar-refractivity contribution in [1.29, 1.82) is 0 Å². The van der Waals surface area contributed by atoms with Gasteiger partial charge in [0.15, 0.2) is 0 Å². The first-order valence-corrected chi connectivity index (χ1v) is 5.76. The number of nitro benzene ring substituents is 1. The van der Waals surface area contributed by atoms with Gasteiger partial charge >= 0.3 is 11.7 Å². The van der Waals surface area contributed by atoms with Gasteiger partial charge in [-0.05, 0) is 0 Å². The third-order valence-electron chi connectivity index (χ3n) is 2.38. The van der Waals surface area contributed by atoms with Crippen LogP contribution in [0, 0.1) is 15.9 Å². The lowest BCUT2D eigenvalue weighted by molar-refractivity contribution is -0.385. The van der Waals surface area contributed by atoms with E-state index in [4.69, 9.17) is 21.4 Å². The highest BCUT2D eigenvalue weighted by atomic mass is 35.5. The molecule has 0 radical (unpaired) electrons. The van der Waals surface area contributed by atoms with Gasteiger partial charge < -0.3 is 9.84 Å². The highest BCUT2D eigenvalue weighted by Crippen LogP contribution is 2.34. The average molecular weight is 313 g/mol. The Kier molecular flexibility index (Phi) is 3.99. The Morgan fingerprint density at radius 3 is 2.67 bits per heavy atom. The third kappa shape index (κ3) is 3.23. The largest absolute Gasteiger partial charge is 0.478 e. The summed E-state index contributed by atoms with van der Waals surface area (Å²) in [7, 11) is 0. The molecule has 9 heteroatoms. The lowest BCUT2D eigenvalue weighted by Crippen LogP contribution is -2.03. The van der Waals surface area contributed by atoms with Gasteiger partial charge in [0.25, 0.3) is 0 Å². The molecule has 0 unspecified atom stereocenters. The molecule has 1 aromatic carbocycles. The predicted molar refractivity (Wildman–Crippen MR) is 69.3 cm³/mol. The van der Waals surface area contributed by atoms with Crippen LogP contribution in [0.4, 0.5) is 10.1 Å². The Bertz CT molecular complexity index is 738. The predicted octanol–water partition coefficient (Wildman–Crippen LogP) is 3.27. The second-order valence-corrected chi connectivity index (χ2v) is 4.24. The maximum Gasteiger partial charge on any atom is 0.338 e. The van der Waals surface area contributed by atoms with Crippen molar-refractivity contribution in [2.45, 2.75) is 0 Å². The van der Waals surface area contributed by atoms with Gasteiger partial charge in [-0.15, -0.1) is 0 Å². The molecule has 0 spiro atoms. The maximum absolute atomic E-state index is 13.5. The molecule has 0 saturated heterocycles. The van der Waals surface area contributed by atoms with Crippen molar-refractivity contribution in [3.8, 4) is 11.5 Å². The van der Waals surface area contributed by atoms with Gasteiger partial charge in [-0.25, -0.2) is 9.18 Å². The second-order valence-electron chi connectivity index (χ2n) is 3.80. The molecule has 0 aliphatic rings. The van der Waals surface area contributed by atoms with Crippen LogP contribution in [0.5, 0.6) is 11.5 Å². The minimum absolute atomic E-state index is 0.0496. The molecule has 0 aliphatic heterocycles. The van der Waals surface area contributed by atoms with Crippen molar-refractivity contribution in [1.82, 2.24) is 4.98 Å². The van der Waals surface area contributed by atoms with Crippen LogP contribution in [-0.4, -0.2) is 21.0 Å². The molecule has 0 aliphatic carbocycles. The summed E-state index contributed by atoms with van der Waals surface area (Å²) in [6.07, 6.45) is 2.54. The zero-order chi connectivity index (χ0) is 15.6. The molecule has 0 atom stereocenters. The molecule has 2 rings (SSSR count). The number of pyridine rings is 1. The van der Waals surface area contributed by atoms with Gasteiger partial charge in [-0.2, -0.15) is 0 Å². The van der Waals surface area contributed by atoms with E-state index in [1.165, 1.54) is 18.5 Å².